The fraction of sp³-hybridized carbons (Fsp3) is 0.500. The van der Waals surface area contributed by atoms with Gasteiger partial charge < -0.3 is 4.90 Å². The third-order valence-corrected chi connectivity index (χ3v) is 5.00. The summed E-state index contributed by atoms with van der Waals surface area (Å²) in [5.74, 6) is 0.643. The number of thioether (sulfide) groups is 1. The van der Waals surface area contributed by atoms with Gasteiger partial charge in [-0.25, -0.2) is 0 Å². The minimum atomic E-state index is 0.212. The number of hydrogen-bond donors (Lipinski definition) is 0. The van der Waals surface area contributed by atoms with E-state index in [1.807, 2.05) is 11.8 Å². The van der Waals surface area contributed by atoms with Crippen LogP contribution in [0.25, 0.3) is 0 Å². The van der Waals surface area contributed by atoms with E-state index in [1.165, 1.54) is 10.6 Å². The van der Waals surface area contributed by atoms with E-state index in [1.54, 1.807) is 0 Å². The summed E-state index contributed by atoms with van der Waals surface area (Å²) < 4.78 is 0. The van der Waals surface area contributed by atoms with Gasteiger partial charge in [0.2, 0.25) is 0 Å². The Morgan fingerprint density at radius 1 is 1.29 bits per heavy atom. The molecular formula is C12H17NS. The molecule has 2 rings (SSSR count). The maximum absolute atomic E-state index is 2.40. The Kier molecular flexibility index (Phi) is 2.26. The zero-order valence-corrected chi connectivity index (χ0v) is 10.1. The van der Waals surface area contributed by atoms with Crippen LogP contribution in [0.3, 0.4) is 0 Å². The lowest BCUT2D eigenvalue weighted by atomic mass is 10.0. The number of benzene rings is 1. The number of nitrogens with zero attached hydrogens (tertiary/aromatic N) is 1. The second-order valence-electron chi connectivity index (χ2n) is 4.34. The molecule has 0 amide bonds. The highest BCUT2D eigenvalue weighted by Gasteiger charge is 2.40. The molecule has 14 heavy (non-hydrogen) atoms. The topological polar surface area (TPSA) is 3.24 Å². The molecule has 1 atom stereocenters. The minimum absolute atomic E-state index is 0.212. The molecule has 0 saturated carbocycles. The smallest absolute Gasteiger partial charge is 0.0898 e. The van der Waals surface area contributed by atoms with E-state index >= 15 is 0 Å². The van der Waals surface area contributed by atoms with Crippen LogP contribution in [0.4, 0.5) is 5.69 Å². The molecule has 0 N–H and O–H groups in total. The monoisotopic (exact) mass is 207 g/mol. The Hall–Kier alpha value is -0.630. The standard InChI is InChI=1S/C12H17NS/c1-9(2)12(3)13(4)10-7-5-6-8-11(10)14-12/h5-9H,1-4H3. The van der Waals surface area contributed by atoms with Gasteiger partial charge in [-0.05, 0) is 25.0 Å². The lowest BCUT2D eigenvalue weighted by molar-refractivity contribution is 0.467. The van der Waals surface area contributed by atoms with Crippen molar-refractivity contribution < 1.29 is 0 Å². The Labute approximate surface area is 90.5 Å². The number of hydrogen-bond acceptors (Lipinski definition) is 2. The van der Waals surface area contributed by atoms with Crippen LogP contribution in [0.1, 0.15) is 20.8 Å². The highest BCUT2D eigenvalue weighted by Crippen LogP contribution is 2.52. The largest absolute Gasteiger partial charge is 0.359 e. The molecule has 76 valence electrons. The Balaban J connectivity index is 2.43. The summed E-state index contributed by atoms with van der Waals surface area (Å²) in [5.41, 5.74) is 1.37. The summed E-state index contributed by atoms with van der Waals surface area (Å²) in [6.45, 7) is 6.90. The van der Waals surface area contributed by atoms with Gasteiger partial charge in [0.1, 0.15) is 0 Å². The van der Waals surface area contributed by atoms with Crippen LogP contribution in [0.2, 0.25) is 0 Å². The van der Waals surface area contributed by atoms with Gasteiger partial charge in [-0.2, -0.15) is 0 Å². The normalized spacial score (nSPS) is 25.6. The molecule has 1 aromatic carbocycles. The summed E-state index contributed by atoms with van der Waals surface area (Å²) in [4.78, 5) is 4.02. The van der Waals surface area contributed by atoms with Crippen LogP contribution >= 0.6 is 11.8 Å². The highest BCUT2D eigenvalue weighted by molar-refractivity contribution is 8.01. The zero-order valence-electron chi connectivity index (χ0n) is 9.24. The SMILES string of the molecule is CC(C)C1(C)Sc2ccccc2N1C. The van der Waals surface area contributed by atoms with Crippen molar-refractivity contribution in [3.05, 3.63) is 24.3 Å². The lowest BCUT2D eigenvalue weighted by Crippen LogP contribution is -2.42. The van der Waals surface area contributed by atoms with Crippen molar-refractivity contribution in [3.8, 4) is 0 Å². The van der Waals surface area contributed by atoms with E-state index in [-0.39, 0.29) is 4.87 Å². The number of anilines is 1. The number of fused-ring (bicyclic) bond motifs is 1. The van der Waals surface area contributed by atoms with Crippen molar-refractivity contribution in [2.45, 2.75) is 30.5 Å². The van der Waals surface area contributed by atoms with Crippen LogP contribution in [0.5, 0.6) is 0 Å². The fourth-order valence-corrected chi connectivity index (χ4v) is 3.23. The fourth-order valence-electron chi connectivity index (χ4n) is 1.86. The van der Waals surface area contributed by atoms with E-state index in [0.29, 0.717) is 5.92 Å². The Morgan fingerprint density at radius 2 is 1.93 bits per heavy atom. The molecule has 2 heteroatoms. The molecule has 1 heterocycles. The second kappa shape index (κ2) is 3.20. The molecular weight excluding hydrogens is 190 g/mol. The third kappa shape index (κ3) is 1.24. The van der Waals surface area contributed by atoms with Crippen LogP contribution in [0, 0.1) is 5.92 Å². The van der Waals surface area contributed by atoms with Crippen molar-refractivity contribution >= 4 is 17.4 Å². The zero-order chi connectivity index (χ0) is 10.3. The second-order valence-corrected chi connectivity index (χ2v) is 5.81. The molecule has 0 fully saturated rings. The van der Waals surface area contributed by atoms with Crippen LogP contribution < -0.4 is 4.90 Å². The van der Waals surface area contributed by atoms with Crippen LogP contribution in [-0.2, 0) is 0 Å². The van der Waals surface area contributed by atoms with Gasteiger partial charge in [-0.1, -0.05) is 37.7 Å². The third-order valence-electron chi connectivity index (χ3n) is 3.28. The molecule has 1 nitrogen and oxygen atoms in total. The predicted molar refractivity (Wildman–Crippen MR) is 63.9 cm³/mol. The maximum Gasteiger partial charge on any atom is 0.0898 e. The van der Waals surface area contributed by atoms with E-state index in [9.17, 15) is 0 Å². The summed E-state index contributed by atoms with van der Waals surface area (Å²) in [6, 6.07) is 8.65. The first-order valence-corrected chi connectivity index (χ1v) is 5.89. The Bertz CT molecular complexity index is 348. The van der Waals surface area contributed by atoms with Gasteiger partial charge >= 0.3 is 0 Å². The van der Waals surface area contributed by atoms with Crippen molar-refractivity contribution in [1.82, 2.24) is 0 Å². The predicted octanol–water partition coefficient (Wildman–Crippen LogP) is 3.60. The van der Waals surface area contributed by atoms with Crippen LogP contribution in [0.15, 0.2) is 29.2 Å². The van der Waals surface area contributed by atoms with E-state index in [2.05, 4.69) is 57.0 Å². The summed E-state index contributed by atoms with van der Waals surface area (Å²) in [7, 11) is 2.19. The van der Waals surface area contributed by atoms with Gasteiger partial charge in [0.15, 0.2) is 0 Å². The van der Waals surface area contributed by atoms with Crippen LogP contribution in [-0.4, -0.2) is 11.9 Å². The van der Waals surface area contributed by atoms with Crippen molar-refractivity contribution in [3.63, 3.8) is 0 Å². The molecule has 0 saturated heterocycles. The molecule has 1 unspecified atom stereocenters. The minimum Gasteiger partial charge on any atom is -0.359 e. The Morgan fingerprint density at radius 3 is 2.50 bits per heavy atom. The van der Waals surface area contributed by atoms with Crippen molar-refractivity contribution in [1.29, 1.82) is 0 Å². The molecule has 1 aliphatic rings. The summed E-state index contributed by atoms with van der Waals surface area (Å²) in [5, 5.41) is 0. The van der Waals surface area contributed by atoms with Gasteiger partial charge in [0.25, 0.3) is 0 Å². The number of para-hydroxylation sites is 1. The van der Waals surface area contributed by atoms with Gasteiger partial charge in [-0.15, -0.1) is 0 Å². The van der Waals surface area contributed by atoms with Gasteiger partial charge in [0.05, 0.1) is 10.6 Å². The molecule has 0 aromatic heterocycles. The van der Waals surface area contributed by atoms with Crippen molar-refractivity contribution in [2.24, 2.45) is 5.92 Å². The van der Waals surface area contributed by atoms with Gasteiger partial charge in [-0.3, -0.25) is 0 Å². The lowest BCUT2D eigenvalue weighted by Gasteiger charge is -2.36. The first-order chi connectivity index (χ1) is 6.55. The molecule has 0 radical (unpaired) electrons. The molecule has 0 aliphatic carbocycles. The summed E-state index contributed by atoms with van der Waals surface area (Å²) in [6.07, 6.45) is 0. The average Bonchev–Trinajstić information content (AvgIpc) is 2.42. The highest BCUT2D eigenvalue weighted by atomic mass is 32.2. The number of rotatable bonds is 1. The summed E-state index contributed by atoms with van der Waals surface area (Å²) >= 11 is 1.98. The van der Waals surface area contributed by atoms with E-state index in [0.717, 1.165) is 0 Å². The first-order valence-electron chi connectivity index (χ1n) is 5.07. The van der Waals surface area contributed by atoms with Crippen molar-refractivity contribution in [2.75, 3.05) is 11.9 Å². The molecule has 0 spiro atoms. The maximum atomic E-state index is 2.40. The molecule has 0 bridgehead atoms. The first kappa shape index (κ1) is 9.91. The quantitative estimate of drug-likeness (QED) is 0.692. The van der Waals surface area contributed by atoms with E-state index < -0.39 is 0 Å². The average molecular weight is 207 g/mol. The molecule has 1 aromatic rings. The molecule has 1 aliphatic heterocycles. The van der Waals surface area contributed by atoms with E-state index in [4.69, 9.17) is 0 Å². The van der Waals surface area contributed by atoms with Gasteiger partial charge in [0, 0.05) is 11.9 Å².